The Kier molecular flexibility index (Phi) is 3.19. The maximum absolute atomic E-state index is 13.2. The van der Waals surface area contributed by atoms with Gasteiger partial charge in [-0.2, -0.15) is 0 Å². The van der Waals surface area contributed by atoms with Gasteiger partial charge < -0.3 is 9.30 Å². The van der Waals surface area contributed by atoms with Crippen molar-refractivity contribution < 1.29 is 18.3 Å². The first-order valence-corrected chi connectivity index (χ1v) is 5.09. The highest BCUT2D eigenvalue weighted by molar-refractivity contribution is 5.89. The quantitative estimate of drug-likeness (QED) is 0.767. The van der Waals surface area contributed by atoms with E-state index in [9.17, 15) is 13.6 Å². The number of methoxy groups -OCH3 is 1. The summed E-state index contributed by atoms with van der Waals surface area (Å²) in [5.41, 5.74) is 0.866. The standard InChI is InChI=1S/C12H11F2NO2/c1-17-3-2-15-9(7-16)4-8-5-10(13)11(14)6-12(8)15/h4-7H,2-3H2,1H3. The molecule has 0 radical (unpaired) electrons. The monoisotopic (exact) mass is 239 g/mol. The second-order valence-corrected chi connectivity index (χ2v) is 3.66. The molecule has 2 aromatic rings. The number of carbonyl (C=O) groups is 1. The van der Waals surface area contributed by atoms with Crippen LogP contribution in [0.4, 0.5) is 8.78 Å². The van der Waals surface area contributed by atoms with Crippen LogP contribution in [-0.4, -0.2) is 24.6 Å². The molecule has 3 nitrogen and oxygen atoms in total. The first-order chi connectivity index (χ1) is 8.17. The summed E-state index contributed by atoms with van der Waals surface area (Å²) in [6.07, 6.45) is 0.658. The largest absolute Gasteiger partial charge is 0.383 e. The minimum Gasteiger partial charge on any atom is -0.383 e. The first-order valence-electron chi connectivity index (χ1n) is 5.09. The number of benzene rings is 1. The summed E-state index contributed by atoms with van der Waals surface area (Å²) < 4.78 is 32.7. The molecule has 1 aromatic carbocycles. The van der Waals surface area contributed by atoms with Gasteiger partial charge in [0.15, 0.2) is 17.9 Å². The van der Waals surface area contributed by atoms with Crippen molar-refractivity contribution in [1.82, 2.24) is 4.57 Å². The van der Waals surface area contributed by atoms with Crippen molar-refractivity contribution >= 4 is 17.2 Å². The number of halogens is 2. The summed E-state index contributed by atoms with van der Waals surface area (Å²) in [4.78, 5) is 10.9. The van der Waals surface area contributed by atoms with E-state index in [-0.39, 0.29) is 0 Å². The first kappa shape index (κ1) is 11.7. The topological polar surface area (TPSA) is 31.2 Å². The molecule has 0 bridgehead atoms. The fraction of sp³-hybridized carbons (Fsp3) is 0.250. The van der Waals surface area contributed by atoms with Crippen molar-refractivity contribution in [2.75, 3.05) is 13.7 Å². The minimum absolute atomic E-state index is 0.377. The van der Waals surface area contributed by atoms with Gasteiger partial charge in [-0.15, -0.1) is 0 Å². The summed E-state index contributed by atoms with van der Waals surface area (Å²) in [7, 11) is 1.53. The zero-order valence-electron chi connectivity index (χ0n) is 9.24. The van der Waals surface area contributed by atoms with Gasteiger partial charge in [0, 0.05) is 25.1 Å². The lowest BCUT2D eigenvalue weighted by Crippen LogP contribution is -2.07. The molecular weight excluding hydrogens is 228 g/mol. The average Bonchev–Trinajstić information content (AvgIpc) is 2.64. The van der Waals surface area contributed by atoms with Crippen molar-refractivity contribution in [2.24, 2.45) is 0 Å². The predicted molar refractivity (Wildman–Crippen MR) is 59.1 cm³/mol. The van der Waals surface area contributed by atoms with E-state index in [1.165, 1.54) is 13.2 Å². The number of hydrogen-bond donors (Lipinski definition) is 0. The Morgan fingerprint density at radius 3 is 2.65 bits per heavy atom. The van der Waals surface area contributed by atoms with Crippen LogP contribution in [0.2, 0.25) is 0 Å². The van der Waals surface area contributed by atoms with Gasteiger partial charge in [-0.05, 0) is 12.1 Å². The molecule has 0 aliphatic rings. The van der Waals surface area contributed by atoms with Crippen LogP contribution >= 0.6 is 0 Å². The maximum Gasteiger partial charge on any atom is 0.166 e. The number of aldehydes is 1. The summed E-state index contributed by atoms with van der Waals surface area (Å²) in [6.45, 7) is 0.808. The smallest absolute Gasteiger partial charge is 0.166 e. The van der Waals surface area contributed by atoms with E-state index >= 15 is 0 Å². The lowest BCUT2D eigenvalue weighted by Gasteiger charge is -2.06. The van der Waals surface area contributed by atoms with E-state index in [1.807, 2.05) is 0 Å². The lowest BCUT2D eigenvalue weighted by atomic mass is 10.2. The summed E-state index contributed by atoms with van der Waals surface area (Å²) in [5, 5.41) is 0.502. The molecule has 0 saturated heterocycles. The van der Waals surface area contributed by atoms with Crippen LogP contribution in [0.15, 0.2) is 18.2 Å². The third kappa shape index (κ3) is 2.06. The van der Waals surface area contributed by atoms with E-state index in [2.05, 4.69) is 0 Å². The minimum atomic E-state index is -0.924. The molecule has 0 fully saturated rings. The number of ether oxygens (including phenoxy) is 1. The van der Waals surface area contributed by atoms with Gasteiger partial charge in [-0.1, -0.05) is 0 Å². The summed E-state index contributed by atoms with van der Waals surface area (Å²) >= 11 is 0. The molecule has 0 spiro atoms. The fourth-order valence-electron chi connectivity index (χ4n) is 1.81. The molecule has 17 heavy (non-hydrogen) atoms. The molecule has 0 amide bonds. The van der Waals surface area contributed by atoms with Crippen LogP contribution in [0.1, 0.15) is 10.5 Å². The third-order valence-electron chi connectivity index (χ3n) is 2.62. The Morgan fingerprint density at radius 2 is 2.00 bits per heavy atom. The number of fused-ring (bicyclic) bond motifs is 1. The highest BCUT2D eigenvalue weighted by atomic mass is 19.2. The molecule has 5 heteroatoms. The molecule has 0 aliphatic heterocycles. The molecule has 0 atom stereocenters. The predicted octanol–water partition coefficient (Wildman–Crippen LogP) is 2.38. The Bertz CT molecular complexity index is 563. The van der Waals surface area contributed by atoms with Crippen LogP contribution in [0, 0.1) is 11.6 Å². The highest BCUT2D eigenvalue weighted by Gasteiger charge is 2.11. The van der Waals surface area contributed by atoms with Gasteiger partial charge in [-0.3, -0.25) is 4.79 Å². The normalized spacial score (nSPS) is 11.0. The third-order valence-corrected chi connectivity index (χ3v) is 2.62. The Morgan fingerprint density at radius 1 is 1.29 bits per heavy atom. The summed E-state index contributed by atoms with van der Waals surface area (Å²) in [6, 6.07) is 3.70. The second kappa shape index (κ2) is 4.63. The molecule has 0 saturated carbocycles. The van der Waals surface area contributed by atoms with Gasteiger partial charge in [-0.25, -0.2) is 8.78 Å². The maximum atomic E-state index is 13.2. The molecular formula is C12H11F2NO2. The van der Waals surface area contributed by atoms with Crippen molar-refractivity contribution in [2.45, 2.75) is 6.54 Å². The zero-order valence-corrected chi connectivity index (χ0v) is 9.24. The highest BCUT2D eigenvalue weighted by Crippen LogP contribution is 2.22. The van der Waals surface area contributed by atoms with Crippen LogP contribution < -0.4 is 0 Å². The van der Waals surface area contributed by atoms with Crippen molar-refractivity contribution in [3.05, 3.63) is 35.5 Å². The lowest BCUT2D eigenvalue weighted by molar-refractivity contribution is 0.111. The van der Waals surface area contributed by atoms with E-state index in [0.717, 1.165) is 12.1 Å². The Hall–Kier alpha value is -1.75. The van der Waals surface area contributed by atoms with Crippen LogP contribution in [0.25, 0.3) is 10.9 Å². The van der Waals surface area contributed by atoms with Gasteiger partial charge >= 0.3 is 0 Å². The van der Waals surface area contributed by atoms with Crippen molar-refractivity contribution in [3.8, 4) is 0 Å². The van der Waals surface area contributed by atoms with E-state index in [1.54, 1.807) is 4.57 Å². The number of nitrogens with zero attached hydrogens (tertiary/aromatic N) is 1. The summed E-state index contributed by atoms with van der Waals surface area (Å²) in [5.74, 6) is -1.84. The van der Waals surface area contributed by atoms with Gasteiger partial charge in [0.1, 0.15) is 0 Å². The zero-order chi connectivity index (χ0) is 12.4. The Balaban J connectivity index is 2.61. The van der Waals surface area contributed by atoms with Crippen LogP contribution in [-0.2, 0) is 11.3 Å². The van der Waals surface area contributed by atoms with E-state index < -0.39 is 11.6 Å². The average molecular weight is 239 g/mol. The SMILES string of the molecule is COCCn1c(C=O)cc2cc(F)c(F)cc21. The number of carbonyl (C=O) groups excluding carboxylic acids is 1. The van der Waals surface area contributed by atoms with Crippen molar-refractivity contribution in [1.29, 1.82) is 0 Å². The number of hydrogen-bond acceptors (Lipinski definition) is 2. The number of rotatable bonds is 4. The molecule has 1 heterocycles. The van der Waals surface area contributed by atoms with Crippen LogP contribution in [0.3, 0.4) is 0 Å². The van der Waals surface area contributed by atoms with Gasteiger partial charge in [0.25, 0.3) is 0 Å². The van der Waals surface area contributed by atoms with E-state index in [0.29, 0.717) is 36.0 Å². The molecule has 2 rings (SSSR count). The molecule has 90 valence electrons. The molecule has 1 aromatic heterocycles. The van der Waals surface area contributed by atoms with Crippen molar-refractivity contribution in [3.63, 3.8) is 0 Å². The molecule has 0 aliphatic carbocycles. The van der Waals surface area contributed by atoms with E-state index in [4.69, 9.17) is 4.74 Å². The number of aromatic nitrogens is 1. The second-order valence-electron chi connectivity index (χ2n) is 3.66. The molecule has 0 N–H and O–H groups in total. The van der Waals surface area contributed by atoms with Gasteiger partial charge in [0.05, 0.1) is 17.8 Å². The fourth-order valence-corrected chi connectivity index (χ4v) is 1.81. The van der Waals surface area contributed by atoms with Gasteiger partial charge in [0.2, 0.25) is 0 Å². The molecule has 0 unspecified atom stereocenters. The van der Waals surface area contributed by atoms with Crippen LogP contribution in [0.5, 0.6) is 0 Å². The Labute approximate surface area is 96.6 Å².